The number of carbonyl (C=O) groups is 1. The van der Waals surface area contributed by atoms with Gasteiger partial charge in [0.25, 0.3) is 0 Å². The Hall–Kier alpha value is -1.15. The van der Waals surface area contributed by atoms with Crippen LogP contribution in [0, 0.1) is 0 Å². The summed E-state index contributed by atoms with van der Waals surface area (Å²) in [6, 6.07) is 6.24. The highest BCUT2D eigenvalue weighted by atomic mass is 16.5. The van der Waals surface area contributed by atoms with Crippen molar-refractivity contribution in [2.75, 3.05) is 0 Å². The van der Waals surface area contributed by atoms with Crippen molar-refractivity contribution in [3.05, 3.63) is 34.9 Å². The number of ether oxygens (including phenoxy) is 1. The van der Waals surface area contributed by atoms with Gasteiger partial charge in [-0.2, -0.15) is 0 Å². The molecule has 0 radical (unpaired) electrons. The largest absolute Gasteiger partial charge is 0.372 e. The third kappa shape index (κ3) is 1.58. The molecule has 1 unspecified atom stereocenters. The SMILES string of the molecule is CC(CC=O)c1cccc2c1COC2. The average molecular weight is 190 g/mol. The molecule has 1 aromatic rings. The first-order valence-electron chi connectivity index (χ1n) is 4.95. The summed E-state index contributed by atoms with van der Waals surface area (Å²) in [5.74, 6) is 0.309. The minimum Gasteiger partial charge on any atom is -0.372 e. The van der Waals surface area contributed by atoms with Crippen LogP contribution in [0.15, 0.2) is 18.2 Å². The first-order chi connectivity index (χ1) is 6.83. The molecular weight excluding hydrogens is 176 g/mol. The standard InChI is InChI=1S/C12H14O2/c1-9(5-6-13)11-4-2-3-10-7-14-8-12(10)11/h2-4,6,9H,5,7-8H2,1H3. The highest BCUT2D eigenvalue weighted by Gasteiger charge is 2.17. The molecule has 0 amide bonds. The number of benzene rings is 1. The molecule has 0 saturated heterocycles. The predicted molar refractivity (Wildman–Crippen MR) is 54.0 cm³/mol. The predicted octanol–water partition coefficient (Wildman–Crippen LogP) is 2.41. The fourth-order valence-corrected chi connectivity index (χ4v) is 1.96. The Bertz CT molecular complexity index is 344. The van der Waals surface area contributed by atoms with Crippen molar-refractivity contribution < 1.29 is 9.53 Å². The molecule has 1 atom stereocenters. The van der Waals surface area contributed by atoms with E-state index in [0.717, 1.165) is 12.9 Å². The summed E-state index contributed by atoms with van der Waals surface area (Å²) in [6.07, 6.45) is 1.58. The van der Waals surface area contributed by atoms with Crippen molar-refractivity contribution in [3.63, 3.8) is 0 Å². The Morgan fingerprint density at radius 1 is 1.50 bits per heavy atom. The van der Waals surface area contributed by atoms with Crippen LogP contribution in [0.25, 0.3) is 0 Å². The molecule has 2 heteroatoms. The zero-order valence-electron chi connectivity index (χ0n) is 8.32. The van der Waals surface area contributed by atoms with E-state index in [1.165, 1.54) is 16.7 Å². The highest BCUT2D eigenvalue weighted by molar-refractivity contribution is 5.52. The first-order valence-corrected chi connectivity index (χ1v) is 4.95. The molecule has 2 nitrogen and oxygen atoms in total. The van der Waals surface area contributed by atoms with Crippen molar-refractivity contribution >= 4 is 6.29 Å². The minimum absolute atomic E-state index is 0.309. The fraction of sp³-hybridized carbons (Fsp3) is 0.417. The van der Waals surface area contributed by atoms with Crippen molar-refractivity contribution in [2.24, 2.45) is 0 Å². The van der Waals surface area contributed by atoms with E-state index in [1.807, 2.05) is 6.07 Å². The Morgan fingerprint density at radius 2 is 2.36 bits per heavy atom. The molecule has 0 saturated carbocycles. The lowest BCUT2D eigenvalue weighted by molar-refractivity contribution is -0.108. The number of fused-ring (bicyclic) bond motifs is 1. The second-order valence-corrected chi connectivity index (χ2v) is 3.78. The summed E-state index contributed by atoms with van der Waals surface area (Å²) in [4.78, 5) is 10.5. The molecule has 0 spiro atoms. The molecule has 74 valence electrons. The van der Waals surface area contributed by atoms with Gasteiger partial charge in [-0.05, 0) is 22.6 Å². The molecule has 0 aromatic heterocycles. The van der Waals surface area contributed by atoms with E-state index in [0.29, 0.717) is 18.9 Å². The average Bonchev–Trinajstić information content (AvgIpc) is 2.65. The van der Waals surface area contributed by atoms with Crippen LogP contribution in [0.1, 0.15) is 36.0 Å². The van der Waals surface area contributed by atoms with Crippen molar-refractivity contribution in [1.82, 2.24) is 0 Å². The third-order valence-corrected chi connectivity index (χ3v) is 2.79. The van der Waals surface area contributed by atoms with E-state index in [2.05, 4.69) is 19.1 Å². The molecular formula is C12H14O2. The van der Waals surface area contributed by atoms with Gasteiger partial charge in [-0.15, -0.1) is 0 Å². The van der Waals surface area contributed by atoms with Crippen LogP contribution in [-0.2, 0) is 22.7 Å². The van der Waals surface area contributed by atoms with Gasteiger partial charge in [0.1, 0.15) is 6.29 Å². The molecule has 1 aliphatic rings. The first kappa shape index (κ1) is 9.41. The third-order valence-electron chi connectivity index (χ3n) is 2.79. The quantitative estimate of drug-likeness (QED) is 0.684. The van der Waals surface area contributed by atoms with Gasteiger partial charge in [-0.3, -0.25) is 0 Å². The fourth-order valence-electron chi connectivity index (χ4n) is 1.96. The monoisotopic (exact) mass is 190 g/mol. The Kier molecular flexibility index (Phi) is 2.64. The highest BCUT2D eigenvalue weighted by Crippen LogP contribution is 2.29. The lowest BCUT2D eigenvalue weighted by atomic mass is 9.92. The molecule has 0 aliphatic carbocycles. The van der Waals surface area contributed by atoms with E-state index in [1.54, 1.807) is 0 Å². The van der Waals surface area contributed by atoms with E-state index < -0.39 is 0 Å². The van der Waals surface area contributed by atoms with Gasteiger partial charge in [-0.25, -0.2) is 0 Å². The van der Waals surface area contributed by atoms with E-state index >= 15 is 0 Å². The van der Waals surface area contributed by atoms with Crippen LogP contribution >= 0.6 is 0 Å². The van der Waals surface area contributed by atoms with Gasteiger partial charge in [-0.1, -0.05) is 25.1 Å². The molecule has 0 fully saturated rings. The summed E-state index contributed by atoms with van der Waals surface area (Å²) in [7, 11) is 0. The molecule has 1 aromatic carbocycles. The van der Waals surface area contributed by atoms with Crippen molar-refractivity contribution in [2.45, 2.75) is 32.5 Å². The van der Waals surface area contributed by atoms with Gasteiger partial charge < -0.3 is 9.53 Å². The molecule has 1 aliphatic heterocycles. The topological polar surface area (TPSA) is 26.3 Å². The van der Waals surface area contributed by atoms with Crippen LogP contribution in [0.2, 0.25) is 0 Å². The molecule has 0 bridgehead atoms. The van der Waals surface area contributed by atoms with Crippen molar-refractivity contribution in [3.8, 4) is 0 Å². The van der Waals surface area contributed by atoms with E-state index in [4.69, 9.17) is 4.74 Å². The Labute approximate surface area is 83.9 Å². The molecule has 2 rings (SSSR count). The van der Waals surface area contributed by atoms with Gasteiger partial charge in [0.2, 0.25) is 0 Å². The smallest absolute Gasteiger partial charge is 0.120 e. The lowest BCUT2D eigenvalue weighted by Crippen LogP contribution is -1.99. The van der Waals surface area contributed by atoms with Crippen LogP contribution < -0.4 is 0 Å². The summed E-state index contributed by atoms with van der Waals surface area (Å²) in [5.41, 5.74) is 3.84. The number of hydrogen-bond acceptors (Lipinski definition) is 2. The van der Waals surface area contributed by atoms with Crippen LogP contribution in [0.3, 0.4) is 0 Å². The maximum Gasteiger partial charge on any atom is 0.120 e. The number of rotatable bonds is 3. The van der Waals surface area contributed by atoms with Crippen molar-refractivity contribution in [1.29, 1.82) is 0 Å². The minimum atomic E-state index is 0.309. The van der Waals surface area contributed by atoms with Gasteiger partial charge in [0.05, 0.1) is 13.2 Å². The van der Waals surface area contributed by atoms with E-state index in [9.17, 15) is 4.79 Å². The van der Waals surface area contributed by atoms with Crippen LogP contribution in [-0.4, -0.2) is 6.29 Å². The zero-order chi connectivity index (χ0) is 9.97. The zero-order valence-corrected chi connectivity index (χ0v) is 8.32. The van der Waals surface area contributed by atoms with Gasteiger partial charge in [0, 0.05) is 6.42 Å². The second-order valence-electron chi connectivity index (χ2n) is 3.78. The maximum atomic E-state index is 10.5. The Morgan fingerprint density at radius 3 is 3.14 bits per heavy atom. The maximum absolute atomic E-state index is 10.5. The molecule has 1 heterocycles. The normalized spacial score (nSPS) is 16.4. The molecule has 14 heavy (non-hydrogen) atoms. The summed E-state index contributed by atoms with van der Waals surface area (Å²) < 4.78 is 5.40. The lowest BCUT2D eigenvalue weighted by Gasteiger charge is -2.12. The van der Waals surface area contributed by atoms with Crippen LogP contribution in [0.5, 0.6) is 0 Å². The van der Waals surface area contributed by atoms with E-state index in [-0.39, 0.29) is 0 Å². The number of hydrogen-bond donors (Lipinski definition) is 0. The number of aldehydes is 1. The van der Waals surface area contributed by atoms with Gasteiger partial charge >= 0.3 is 0 Å². The summed E-state index contributed by atoms with van der Waals surface area (Å²) in [5, 5.41) is 0. The Balaban J connectivity index is 2.34. The van der Waals surface area contributed by atoms with Gasteiger partial charge in [0.15, 0.2) is 0 Å². The summed E-state index contributed by atoms with van der Waals surface area (Å²) >= 11 is 0. The van der Waals surface area contributed by atoms with Crippen LogP contribution in [0.4, 0.5) is 0 Å². The number of carbonyl (C=O) groups excluding carboxylic acids is 1. The molecule has 0 N–H and O–H groups in total. The summed E-state index contributed by atoms with van der Waals surface area (Å²) in [6.45, 7) is 3.51. The second kappa shape index (κ2) is 3.93.